The van der Waals surface area contributed by atoms with Gasteiger partial charge in [-0.1, -0.05) is 6.07 Å². The molecule has 114 valence electrons. The molecule has 0 bridgehead atoms. The lowest BCUT2D eigenvalue weighted by Gasteiger charge is -2.16. The Kier molecular flexibility index (Phi) is 7.36. The monoisotopic (exact) mass is 283 g/mol. The number of benzene rings is 1. The Bertz CT molecular complexity index is 395. The van der Waals surface area contributed by atoms with E-state index < -0.39 is 6.10 Å². The van der Waals surface area contributed by atoms with Gasteiger partial charge in [0, 0.05) is 6.54 Å². The summed E-state index contributed by atoms with van der Waals surface area (Å²) < 4.78 is 16.2. The summed E-state index contributed by atoms with van der Waals surface area (Å²) in [5.41, 5.74) is 1.09. The minimum atomic E-state index is -0.657. The highest BCUT2D eigenvalue weighted by Crippen LogP contribution is 2.28. The Morgan fingerprint density at radius 2 is 1.95 bits per heavy atom. The molecule has 2 N–H and O–H groups in total. The Hall–Kier alpha value is -1.30. The van der Waals surface area contributed by atoms with Gasteiger partial charge in [0.2, 0.25) is 0 Å². The first-order valence-corrected chi connectivity index (χ1v) is 6.80. The third-order valence-electron chi connectivity index (χ3n) is 2.66. The van der Waals surface area contributed by atoms with Gasteiger partial charge >= 0.3 is 0 Å². The molecule has 0 aliphatic carbocycles. The summed E-state index contributed by atoms with van der Waals surface area (Å²) in [4.78, 5) is 0. The summed E-state index contributed by atoms with van der Waals surface area (Å²) in [7, 11) is 3.48. The average Bonchev–Trinajstić information content (AvgIpc) is 2.43. The van der Waals surface area contributed by atoms with Crippen molar-refractivity contribution in [2.45, 2.75) is 32.6 Å². The summed E-state index contributed by atoms with van der Waals surface area (Å²) in [6.45, 7) is 5.04. The van der Waals surface area contributed by atoms with Crippen LogP contribution in [0.2, 0.25) is 0 Å². The van der Waals surface area contributed by atoms with Crippen LogP contribution in [0.5, 0.6) is 11.5 Å². The predicted molar refractivity (Wildman–Crippen MR) is 78.3 cm³/mol. The molecule has 0 radical (unpaired) electrons. The molecule has 0 aliphatic rings. The van der Waals surface area contributed by atoms with Crippen LogP contribution in [-0.4, -0.2) is 44.7 Å². The minimum Gasteiger partial charge on any atom is -0.493 e. The van der Waals surface area contributed by atoms with Crippen LogP contribution >= 0.6 is 0 Å². The van der Waals surface area contributed by atoms with E-state index in [1.54, 1.807) is 7.11 Å². The highest BCUT2D eigenvalue weighted by molar-refractivity contribution is 5.42. The first kappa shape index (κ1) is 16.8. The summed E-state index contributed by atoms with van der Waals surface area (Å²) in [6.07, 6.45) is -0.562. The highest BCUT2D eigenvalue weighted by atomic mass is 16.5. The Balaban J connectivity index is 2.58. The molecule has 5 nitrogen and oxygen atoms in total. The maximum Gasteiger partial charge on any atom is 0.161 e. The highest BCUT2D eigenvalue weighted by Gasteiger charge is 2.10. The number of rotatable bonds is 9. The van der Waals surface area contributed by atoms with Gasteiger partial charge < -0.3 is 24.6 Å². The lowest BCUT2D eigenvalue weighted by Crippen LogP contribution is -2.25. The van der Waals surface area contributed by atoms with E-state index in [4.69, 9.17) is 14.2 Å². The summed E-state index contributed by atoms with van der Waals surface area (Å²) in [5.74, 6) is 1.28. The molecular formula is C15H25NO4. The number of nitrogens with one attached hydrogen (secondary N) is 1. The van der Waals surface area contributed by atoms with E-state index in [-0.39, 0.29) is 19.3 Å². The quantitative estimate of drug-likeness (QED) is 0.720. The first-order chi connectivity index (χ1) is 9.56. The molecule has 1 atom stereocenters. The molecule has 0 aromatic heterocycles. The van der Waals surface area contributed by atoms with Crippen molar-refractivity contribution in [1.29, 1.82) is 0 Å². The van der Waals surface area contributed by atoms with Gasteiger partial charge in [0.1, 0.15) is 12.7 Å². The Labute approximate surface area is 120 Å². The molecule has 1 unspecified atom stereocenters. The molecule has 0 fully saturated rings. The Morgan fingerprint density at radius 3 is 2.55 bits per heavy atom. The van der Waals surface area contributed by atoms with E-state index in [1.807, 2.05) is 39.1 Å². The second-order valence-corrected chi connectivity index (χ2v) is 4.86. The van der Waals surface area contributed by atoms with Crippen LogP contribution in [0.1, 0.15) is 19.4 Å². The molecule has 0 spiro atoms. The van der Waals surface area contributed by atoms with E-state index in [0.29, 0.717) is 11.5 Å². The number of hydrogen-bond acceptors (Lipinski definition) is 5. The lowest BCUT2D eigenvalue weighted by molar-refractivity contribution is -0.0126. The maximum absolute atomic E-state index is 9.79. The van der Waals surface area contributed by atoms with Gasteiger partial charge in [-0.3, -0.25) is 0 Å². The summed E-state index contributed by atoms with van der Waals surface area (Å²) in [6, 6.07) is 5.74. The number of aliphatic hydroxyl groups is 1. The van der Waals surface area contributed by atoms with Crippen LogP contribution in [0.4, 0.5) is 0 Å². The summed E-state index contributed by atoms with van der Waals surface area (Å²) >= 11 is 0. The molecule has 0 amide bonds. The fourth-order valence-corrected chi connectivity index (χ4v) is 1.69. The van der Waals surface area contributed by atoms with Gasteiger partial charge in [-0.05, 0) is 38.6 Å². The molecule has 0 heterocycles. The zero-order valence-corrected chi connectivity index (χ0v) is 12.7. The smallest absolute Gasteiger partial charge is 0.161 e. The van der Waals surface area contributed by atoms with E-state index >= 15 is 0 Å². The fraction of sp³-hybridized carbons (Fsp3) is 0.600. The molecule has 1 aromatic carbocycles. The van der Waals surface area contributed by atoms with E-state index in [9.17, 15) is 5.11 Å². The van der Waals surface area contributed by atoms with Crippen LogP contribution in [0, 0.1) is 0 Å². The van der Waals surface area contributed by atoms with Gasteiger partial charge in [-0.25, -0.2) is 0 Å². The van der Waals surface area contributed by atoms with Crippen molar-refractivity contribution in [2.24, 2.45) is 0 Å². The fourth-order valence-electron chi connectivity index (χ4n) is 1.69. The maximum atomic E-state index is 9.79. The van der Waals surface area contributed by atoms with E-state index in [1.165, 1.54) is 0 Å². The van der Waals surface area contributed by atoms with Crippen molar-refractivity contribution in [3.63, 3.8) is 0 Å². The number of ether oxygens (including phenoxy) is 3. The van der Waals surface area contributed by atoms with Gasteiger partial charge in [-0.2, -0.15) is 0 Å². The van der Waals surface area contributed by atoms with Crippen LogP contribution < -0.4 is 14.8 Å². The van der Waals surface area contributed by atoms with Gasteiger partial charge in [0.05, 0.1) is 19.8 Å². The van der Waals surface area contributed by atoms with E-state index in [0.717, 1.165) is 12.1 Å². The van der Waals surface area contributed by atoms with Crippen molar-refractivity contribution in [2.75, 3.05) is 27.4 Å². The van der Waals surface area contributed by atoms with Crippen LogP contribution in [0.15, 0.2) is 18.2 Å². The first-order valence-electron chi connectivity index (χ1n) is 6.80. The lowest BCUT2D eigenvalue weighted by atomic mass is 10.2. The van der Waals surface area contributed by atoms with Crippen LogP contribution in [-0.2, 0) is 11.3 Å². The van der Waals surface area contributed by atoms with Crippen molar-refractivity contribution >= 4 is 0 Å². The number of hydrogen-bond donors (Lipinski definition) is 2. The van der Waals surface area contributed by atoms with E-state index in [2.05, 4.69) is 5.32 Å². The molecule has 5 heteroatoms. The van der Waals surface area contributed by atoms with Crippen molar-refractivity contribution in [1.82, 2.24) is 5.32 Å². The average molecular weight is 283 g/mol. The van der Waals surface area contributed by atoms with Gasteiger partial charge in [-0.15, -0.1) is 0 Å². The van der Waals surface area contributed by atoms with Crippen molar-refractivity contribution in [3.05, 3.63) is 23.8 Å². The molecule has 0 saturated heterocycles. The SMILES string of the molecule is CNCc1ccc(OC)c(OCC(O)COC(C)C)c1. The summed E-state index contributed by atoms with van der Waals surface area (Å²) in [5, 5.41) is 12.9. The molecule has 0 saturated carbocycles. The third-order valence-corrected chi connectivity index (χ3v) is 2.66. The standard InChI is InChI=1S/C15H25NO4/c1-11(2)19-9-13(17)10-20-15-7-12(8-16-3)5-6-14(15)18-4/h5-7,11,13,16-17H,8-10H2,1-4H3. The largest absolute Gasteiger partial charge is 0.493 e. The van der Waals surface area contributed by atoms with Crippen LogP contribution in [0.3, 0.4) is 0 Å². The minimum absolute atomic E-state index is 0.0955. The molecular weight excluding hydrogens is 258 g/mol. The Morgan fingerprint density at radius 1 is 1.20 bits per heavy atom. The molecule has 0 aliphatic heterocycles. The zero-order valence-electron chi connectivity index (χ0n) is 12.7. The van der Waals surface area contributed by atoms with Gasteiger partial charge in [0.25, 0.3) is 0 Å². The predicted octanol–water partition coefficient (Wildman–Crippen LogP) is 1.58. The molecule has 1 rings (SSSR count). The number of methoxy groups -OCH3 is 1. The second kappa shape index (κ2) is 8.79. The van der Waals surface area contributed by atoms with Crippen LogP contribution in [0.25, 0.3) is 0 Å². The molecule has 20 heavy (non-hydrogen) atoms. The topological polar surface area (TPSA) is 60.0 Å². The van der Waals surface area contributed by atoms with Crippen molar-refractivity contribution < 1.29 is 19.3 Å². The third kappa shape index (κ3) is 5.77. The van der Waals surface area contributed by atoms with Crippen molar-refractivity contribution in [3.8, 4) is 11.5 Å². The normalized spacial score (nSPS) is 12.5. The molecule has 1 aromatic rings. The zero-order chi connectivity index (χ0) is 15.0. The number of aliphatic hydroxyl groups excluding tert-OH is 1. The second-order valence-electron chi connectivity index (χ2n) is 4.86. The van der Waals surface area contributed by atoms with Gasteiger partial charge in [0.15, 0.2) is 11.5 Å².